The Morgan fingerprint density at radius 1 is 0.500 bits per heavy atom. The summed E-state index contributed by atoms with van der Waals surface area (Å²) in [5, 5.41) is 0. The number of hydrogen-bond acceptors (Lipinski definition) is 0. The fourth-order valence-corrected chi connectivity index (χ4v) is 0. The van der Waals surface area contributed by atoms with Gasteiger partial charge in [-0.25, -0.2) is 0 Å². The van der Waals surface area contributed by atoms with E-state index in [0.717, 1.165) is 0 Å². The van der Waals surface area contributed by atoms with E-state index in [2.05, 4.69) is 0 Å². The standard InChI is InChI=1S/3Li.3H2O.3H/h;;;3*1H2;;;/q3*+1;;;;3*-1. The molecule has 0 saturated heterocycles. The van der Waals surface area contributed by atoms with Crippen LogP contribution in [0.3, 0.4) is 0 Å². The summed E-state index contributed by atoms with van der Waals surface area (Å²) in [6, 6.07) is 0. The Morgan fingerprint density at radius 2 is 0.500 bits per heavy atom. The smallest absolute Gasteiger partial charge is 1.00 e. The Morgan fingerprint density at radius 3 is 0.500 bits per heavy atom. The molecule has 0 aromatic carbocycles. The second-order valence-electron chi connectivity index (χ2n) is 0. The fraction of sp³-hybridized carbons (Fsp3) is 0. The van der Waals surface area contributed by atoms with E-state index < -0.39 is 0 Å². The second kappa shape index (κ2) is 76.8. The minimum Gasteiger partial charge on any atom is -1.00 e. The van der Waals surface area contributed by atoms with E-state index in [-0.39, 0.29) is 77.3 Å². The molecule has 0 atom stereocenters. The van der Waals surface area contributed by atoms with Gasteiger partial charge in [-0.2, -0.15) is 0 Å². The van der Waals surface area contributed by atoms with Crippen LogP contribution in [0.1, 0.15) is 4.28 Å². The summed E-state index contributed by atoms with van der Waals surface area (Å²) in [5.41, 5.74) is 0. The van der Waals surface area contributed by atoms with Gasteiger partial charge in [0.05, 0.1) is 0 Å². The van der Waals surface area contributed by atoms with Crippen molar-refractivity contribution in [1.29, 1.82) is 0 Å². The van der Waals surface area contributed by atoms with E-state index in [9.17, 15) is 0 Å². The summed E-state index contributed by atoms with van der Waals surface area (Å²) in [6.07, 6.45) is 0. The summed E-state index contributed by atoms with van der Waals surface area (Å²) in [4.78, 5) is 0. The summed E-state index contributed by atoms with van der Waals surface area (Å²) in [5.74, 6) is 0. The Hall–Kier alpha value is 1.67. The van der Waals surface area contributed by atoms with E-state index in [4.69, 9.17) is 0 Å². The van der Waals surface area contributed by atoms with Crippen molar-refractivity contribution >= 4 is 0 Å². The van der Waals surface area contributed by atoms with Gasteiger partial charge < -0.3 is 20.7 Å². The van der Waals surface area contributed by atoms with Gasteiger partial charge in [0.25, 0.3) is 0 Å². The Labute approximate surface area is 77.2 Å². The molecule has 0 rings (SSSR count). The van der Waals surface area contributed by atoms with Crippen LogP contribution in [-0.2, 0) is 0 Å². The van der Waals surface area contributed by atoms with E-state index >= 15 is 0 Å². The Bertz CT molecular complexity index is 14.3. The molecule has 6 N–H and O–H groups in total. The van der Waals surface area contributed by atoms with Gasteiger partial charge >= 0.3 is 56.6 Å². The molecule has 0 radical (unpaired) electrons. The number of hydrogen-bond donors (Lipinski definition) is 0. The predicted molar refractivity (Wildman–Crippen MR) is 14.2 cm³/mol. The molecule has 30 valence electrons. The molecular formula is H9Li3O3. The normalized spacial score (nSPS) is 0. The molecule has 6 heavy (non-hydrogen) atoms. The van der Waals surface area contributed by atoms with Crippen molar-refractivity contribution in [2.75, 3.05) is 0 Å². The average molecular weight is 77.9 g/mol. The van der Waals surface area contributed by atoms with Gasteiger partial charge in [0.15, 0.2) is 0 Å². The van der Waals surface area contributed by atoms with E-state index in [1.54, 1.807) is 0 Å². The zero-order valence-corrected chi connectivity index (χ0v) is 4.50. The van der Waals surface area contributed by atoms with Crippen LogP contribution in [0.25, 0.3) is 0 Å². The molecule has 0 aliphatic carbocycles. The maximum atomic E-state index is 0. The minimum atomic E-state index is 0. The quantitative estimate of drug-likeness (QED) is 0.257. The van der Waals surface area contributed by atoms with Gasteiger partial charge in [-0.15, -0.1) is 0 Å². The molecule has 6 heteroatoms. The molecule has 0 aliphatic rings. The van der Waals surface area contributed by atoms with Crippen molar-refractivity contribution < 1.29 is 77.3 Å². The van der Waals surface area contributed by atoms with Crippen LogP contribution < -0.4 is 56.6 Å². The van der Waals surface area contributed by atoms with Crippen LogP contribution >= 0.6 is 0 Å². The molecule has 0 aliphatic heterocycles. The van der Waals surface area contributed by atoms with Gasteiger partial charge in [0.2, 0.25) is 0 Å². The minimum absolute atomic E-state index is 0. The monoisotopic (exact) mass is 78.1 g/mol. The summed E-state index contributed by atoms with van der Waals surface area (Å²) in [7, 11) is 0. The Kier molecular flexibility index (Phi) is 1560. The van der Waals surface area contributed by atoms with Gasteiger partial charge in [-0.05, 0) is 0 Å². The van der Waals surface area contributed by atoms with E-state index in [0.29, 0.717) is 0 Å². The van der Waals surface area contributed by atoms with Gasteiger partial charge in [-0.1, -0.05) is 0 Å². The van der Waals surface area contributed by atoms with Crippen LogP contribution in [0.2, 0.25) is 0 Å². The van der Waals surface area contributed by atoms with Crippen LogP contribution in [-0.4, -0.2) is 16.4 Å². The van der Waals surface area contributed by atoms with Crippen LogP contribution in [0.15, 0.2) is 0 Å². The maximum Gasteiger partial charge on any atom is 1.00 e. The third-order valence-corrected chi connectivity index (χ3v) is 0. The van der Waals surface area contributed by atoms with Crippen molar-refractivity contribution in [2.45, 2.75) is 0 Å². The molecule has 0 fully saturated rings. The molecule has 3 nitrogen and oxygen atoms in total. The molecule has 0 aromatic heterocycles. The molecule has 0 bridgehead atoms. The van der Waals surface area contributed by atoms with Gasteiger partial charge in [0.1, 0.15) is 0 Å². The summed E-state index contributed by atoms with van der Waals surface area (Å²) < 4.78 is 0. The molecule has 0 heterocycles. The third-order valence-electron chi connectivity index (χ3n) is 0. The van der Waals surface area contributed by atoms with Crippen molar-refractivity contribution in [1.82, 2.24) is 0 Å². The predicted octanol–water partition coefficient (Wildman–Crippen LogP) is -11.1. The van der Waals surface area contributed by atoms with Gasteiger partial charge in [0, 0.05) is 0 Å². The topological polar surface area (TPSA) is 94.5 Å². The van der Waals surface area contributed by atoms with Crippen molar-refractivity contribution in [3.63, 3.8) is 0 Å². The fourth-order valence-electron chi connectivity index (χ4n) is 0. The van der Waals surface area contributed by atoms with E-state index in [1.807, 2.05) is 0 Å². The van der Waals surface area contributed by atoms with Crippen LogP contribution in [0, 0.1) is 0 Å². The average Bonchev–Trinajstić information content (AvgIpc) is 0. The third kappa shape index (κ3) is 44.3. The summed E-state index contributed by atoms with van der Waals surface area (Å²) in [6.45, 7) is 0. The first kappa shape index (κ1) is 122. The first-order valence-corrected chi connectivity index (χ1v) is 0. The Balaban J connectivity index is 0. The van der Waals surface area contributed by atoms with E-state index in [1.165, 1.54) is 0 Å². The molecule has 0 amide bonds. The van der Waals surface area contributed by atoms with Crippen LogP contribution in [0.4, 0.5) is 0 Å². The molecule has 0 aromatic rings. The number of rotatable bonds is 0. The first-order valence-electron chi connectivity index (χ1n) is 0. The van der Waals surface area contributed by atoms with Crippen molar-refractivity contribution in [3.8, 4) is 0 Å². The first-order chi connectivity index (χ1) is 0. The van der Waals surface area contributed by atoms with Gasteiger partial charge in [-0.3, -0.25) is 0 Å². The second-order valence-corrected chi connectivity index (χ2v) is 0. The SMILES string of the molecule is O.O.O.[H-].[H-].[H-].[Li+].[Li+].[Li+]. The molecule has 0 saturated carbocycles. The molecule has 0 unspecified atom stereocenters. The largest absolute Gasteiger partial charge is 1.00 e. The zero-order valence-electron chi connectivity index (χ0n) is 7.50. The maximum absolute atomic E-state index is 0. The van der Waals surface area contributed by atoms with Crippen molar-refractivity contribution in [2.24, 2.45) is 0 Å². The molecular weight excluding hydrogens is 68.8 g/mol. The summed E-state index contributed by atoms with van der Waals surface area (Å²) >= 11 is 0. The molecule has 0 spiro atoms. The van der Waals surface area contributed by atoms with Crippen molar-refractivity contribution in [3.05, 3.63) is 0 Å². The van der Waals surface area contributed by atoms with Crippen LogP contribution in [0.5, 0.6) is 0 Å². The zero-order chi connectivity index (χ0) is 0.